The van der Waals surface area contributed by atoms with Crippen LogP contribution < -0.4 is 0 Å². The molecule has 0 aliphatic rings. The van der Waals surface area contributed by atoms with Gasteiger partial charge in [0.15, 0.2) is 0 Å². The van der Waals surface area contributed by atoms with Gasteiger partial charge >= 0.3 is 11.9 Å². The molecule has 0 aromatic rings. The standard InChI is InChI=1S/C12H18O4/c1-2-3-4-5-7-10(12(15)16)8-6-9-11(13)14/h2-3,8H,4-7,9H2,1H3,(H,13,14)(H,15,16)/b3-2+,10-8-. The molecule has 0 radical (unpaired) electrons. The highest BCUT2D eigenvalue weighted by atomic mass is 16.4. The van der Waals surface area contributed by atoms with E-state index in [-0.39, 0.29) is 12.8 Å². The second-order valence-corrected chi connectivity index (χ2v) is 3.43. The van der Waals surface area contributed by atoms with Crippen molar-refractivity contribution in [1.29, 1.82) is 0 Å². The Morgan fingerprint density at radius 2 is 1.81 bits per heavy atom. The van der Waals surface area contributed by atoms with Gasteiger partial charge in [-0.2, -0.15) is 0 Å². The van der Waals surface area contributed by atoms with Crippen LogP contribution in [0.4, 0.5) is 0 Å². The lowest BCUT2D eigenvalue weighted by molar-refractivity contribution is -0.137. The molecule has 0 aliphatic heterocycles. The van der Waals surface area contributed by atoms with Gasteiger partial charge in [-0.25, -0.2) is 4.79 Å². The minimum Gasteiger partial charge on any atom is -0.481 e. The van der Waals surface area contributed by atoms with Gasteiger partial charge in [-0.3, -0.25) is 4.79 Å². The second-order valence-electron chi connectivity index (χ2n) is 3.43. The third-order valence-electron chi connectivity index (χ3n) is 2.08. The summed E-state index contributed by atoms with van der Waals surface area (Å²) in [6, 6.07) is 0. The Bertz CT molecular complexity index is 289. The van der Waals surface area contributed by atoms with E-state index in [0.717, 1.165) is 12.8 Å². The lowest BCUT2D eigenvalue weighted by Crippen LogP contribution is -2.01. The Labute approximate surface area is 95.3 Å². The van der Waals surface area contributed by atoms with Gasteiger partial charge in [-0.15, -0.1) is 0 Å². The maximum atomic E-state index is 10.8. The van der Waals surface area contributed by atoms with E-state index >= 15 is 0 Å². The summed E-state index contributed by atoms with van der Waals surface area (Å²) < 4.78 is 0. The molecular weight excluding hydrogens is 208 g/mol. The predicted molar refractivity (Wildman–Crippen MR) is 61.3 cm³/mol. The van der Waals surface area contributed by atoms with E-state index in [9.17, 15) is 9.59 Å². The van der Waals surface area contributed by atoms with Gasteiger partial charge in [0.2, 0.25) is 0 Å². The van der Waals surface area contributed by atoms with Gasteiger partial charge in [0.25, 0.3) is 0 Å². The molecule has 0 saturated heterocycles. The molecule has 0 amide bonds. The molecule has 2 N–H and O–H groups in total. The van der Waals surface area contributed by atoms with Gasteiger partial charge in [-0.1, -0.05) is 18.2 Å². The molecule has 0 bridgehead atoms. The first-order chi connectivity index (χ1) is 7.57. The third kappa shape index (κ3) is 7.79. The maximum Gasteiger partial charge on any atom is 0.331 e. The number of unbranched alkanes of at least 4 members (excludes halogenated alkanes) is 1. The van der Waals surface area contributed by atoms with E-state index < -0.39 is 11.9 Å². The highest BCUT2D eigenvalue weighted by Gasteiger charge is 2.06. The zero-order chi connectivity index (χ0) is 12.4. The average Bonchev–Trinajstić information content (AvgIpc) is 2.20. The Hall–Kier alpha value is -1.58. The van der Waals surface area contributed by atoms with Crippen LogP contribution >= 0.6 is 0 Å². The lowest BCUT2D eigenvalue weighted by Gasteiger charge is -2.00. The highest BCUT2D eigenvalue weighted by molar-refractivity contribution is 5.86. The fraction of sp³-hybridized carbons (Fsp3) is 0.500. The molecule has 0 fully saturated rings. The Morgan fingerprint density at radius 3 is 2.31 bits per heavy atom. The largest absolute Gasteiger partial charge is 0.481 e. The minimum atomic E-state index is -0.953. The summed E-state index contributed by atoms with van der Waals surface area (Å²) in [7, 11) is 0. The molecule has 0 unspecified atom stereocenters. The van der Waals surface area contributed by atoms with Gasteiger partial charge in [0.1, 0.15) is 0 Å². The fourth-order valence-electron chi connectivity index (χ4n) is 1.24. The van der Waals surface area contributed by atoms with Crippen molar-refractivity contribution < 1.29 is 19.8 Å². The number of rotatable bonds is 8. The molecule has 0 heterocycles. The molecule has 0 rings (SSSR count). The van der Waals surface area contributed by atoms with Crippen LogP contribution in [0.2, 0.25) is 0 Å². The molecule has 4 heteroatoms. The van der Waals surface area contributed by atoms with Crippen LogP contribution in [0.1, 0.15) is 39.0 Å². The molecule has 0 aromatic carbocycles. The Kier molecular flexibility index (Phi) is 7.85. The van der Waals surface area contributed by atoms with Crippen molar-refractivity contribution in [2.24, 2.45) is 0 Å². The van der Waals surface area contributed by atoms with E-state index in [1.807, 2.05) is 19.1 Å². The number of hydrogen-bond donors (Lipinski definition) is 2. The van der Waals surface area contributed by atoms with Crippen LogP contribution in [0.5, 0.6) is 0 Å². The quantitative estimate of drug-likeness (QED) is 0.379. The molecule has 0 aliphatic carbocycles. The maximum absolute atomic E-state index is 10.8. The normalized spacial score (nSPS) is 11.9. The minimum absolute atomic E-state index is 0.0222. The van der Waals surface area contributed by atoms with Crippen LogP contribution in [0, 0.1) is 0 Å². The van der Waals surface area contributed by atoms with Crippen LogP contribution in [-0.2, 0) is 9.59 Å². The summed E-state index contributed by atoms with van der Waals surface area (Å²) in [6.07, 6.45) is 7.78. The number of carboxylic acid groups (broad SMARTS) is 2. The van der Waals surface area contributed by atoms with Crippen molar-refractivity contribution in [1.82, 2.24) is 0 Å². The van der Waals surface area contributed by atoms with Gasteiger partial charge in [0, 0.05) is 12.0 Å². The van der Waals surface area contributed by atoms with Crippen LogP contribution in [0.15, 0.2) is 23.8 Å². The average molecular weight is 226 g/mol. The summed E-state index contributed by atoms with van der Waals surface area (Å²) in [5.74, 6) is -1.86. The number of aliphatic carboxylic acids is 2. The predicted octanol–water partition coefficient (Wildman–Crippen LogP) is 2.61. The molecule has 90 valence electrons. The molecule has 0 saturated carbocycles. The van der Waals surface area contributed by atoms with E-state index in [1.54, 1.807) is 0 Å². The van der Waals surface area contributed by atoms with Gasteiger partial charge < -0.3 is 10.2 Å². The summed E-state index contributed by atoms with van der Waals surface area (Å²) in [5.41, 5.74) is 0.311. The highest BCUT2D eigenvalue weighted by Crippen LogP contribution is 2.10. The van der Waals surface area contributed by atoms with E-state index in [2.05, 4.69) is 0 Å². The van der Waals surface area contributed by atoms with Crippen molar-refractivity contribution in [2.75, 3.05) is 0 Å². The number of carbonyl (C=O) groups is 2. The van der Waals surface area contributed by atoms with Crippen LogP contribution in [-0.4, -0.2) is 22.2 Å². The van der Waals surface area contributed by atoms with Gasteiger partial charge in [-0.05, 0) is 32.6 Å². The third-order valence-corrected chi connectivity index (χ3v) is 2.08. The Balaban J connectivity index is 4.05. The molecule has 4 nitrogen and oxygen atoms in total. The molecule has 0 spiro atoms. The number of allylic oxidation sites excluding steroid dienone is 3. The molecular formula is C12H18O4. The Morgan fingerprint density at radius 1 is 1.12 bits per heavy atom. The SMILES string of the molecule is C/C=C/CCC/C(=C/CCC(=O)O)C(=O)O. The second kappa shape index (κ2) is 8.71. The molecule has 0 aromatic heterocycles. The number of carboxylic acids is 2. The summed E-state index contributed by atoms with van der Waals surface area (Å²) >= 11 is 0. The number of hydrogen-bond acceptors (Lipinski definition) is 2. The van der Waals surface area contributed by atoms with E-state index in [0.29, 0.717) is 12.0 Å². The topological polar surface area (TPSA) is 74.6 Å². The van der Waals surface area contributed by atoms with Crippen molar-refractivity contribution in [3.05, 3.63) is 23.8 Å². The zero-order valence-corrected chi connectivity index (χ0v) is 9.48. The summed E-state index contributed by atoms with van der Waals surface area (Å²) in [6.45, 7) is 1.92. The van der Waals surface area contributed by atoms with Crippen molar-refractivity contribution in [2.45, 2.75) is 39.0 Å². The molecule has 0 atom stereocenters. The first-order valence-electron chi connectivity index (χ1n) is 5.33. The van der Waals surface area contributed by atoms with E-state index in [1.165, 1.54) is 6.08 Å². The summed E-state index contributed by atoms with van der Waals surface area (Å²) in [4.78, 5) is 21.1. The van der Waals surface area contributed by atoms with E-state index in [4.69, 9.17) is 10.2 Å². The van der Waals surface area contributed by atoms with Gasteiger partial charge in [0.05, 0.1) is 0 Å². The monoisotopic (exact) mass is 226 g/mol. The van der Waals surface area contributed by atoms with Crippen molar-refractivity contribution in [3.8, 4) is 0 Å². The first-order valence-corrected chi connectivity index (χ1v) is 5.33. The van der Waals surface area contributed by atoms with Crippen molar-refractivity contribution in [3.63, 3.8) is 0 Å². The summed E-state index contributed by atoms with van der Waals surface area (Å²) in [5, 5.41) is 17.3. The fourth-order valence-corrected chi connectivity index (χ4v) is 1.24. The van der Waals surface area contributed by atoms with Crippen molar-refractivity contribution >= 4 is 11.9 Å². The molecule has 16 heavy (non-hydrogen) atoms. The lowest BCUT2D eigenvalue weighted by atomic mass is 10.1. The first kappa shape index (κ1) is 14.4. The van der Waals surface area contributed by atoms with Crippen LogP contribution in [0.25, 0.3) is 0 Å². The zero-order valence-electron chi connectivity index (χ0n) is 9.48. The smallest absolute Gasteiger partial charge is 0.331 e. The van der Waals surface area contributed by atoms with Crippen LogP contribution in [0.3, 0.4) is 0 Å².